The van der Waals surface area contributed by atoms with Crippen LogP contribution >= 0.6 is 0 Å². The highest BCUT2D eigenvalue weighted by Crippen LogP contribution is 2.18. The van der Waals surface area contributed by atoms with Gasteiger partial charge in [0.25, 0.3) is 0 Å². The molecule has 2 N–H and O–H groups in total. The van der Waals surface area contributed by atoms with Gasteiger partial charge < -0.3 is 10.5 Å². The van der Waals surface area contributed by atoms with Gasteiger partial charge in [-0.25, -0.2) is 0 Å². The monoisotopic (exact) mass is 265 g/mol. The lowest BCUT2D eigenvalue weighted by Crippen LogP contribution is -2.58. The van der Waals surface area contributed by atoms with E-state index in [4.69, 9.17) is 0 Å². The molecule has 2 heterocycles. The summed E-state index contributed by atoms with van der Waals surface area (Å²) in [4.78, 5) is 27.7. The van der Waals surface area contributed by atoms with Crippen LogP contribution in [0.2, 0.25) is 0 Å². The summed E-state index contributed by atoms with van der Waals surface area (Å²) in [6.45, 7) is 1.03. The molecule has 0 unspecified atom stereocenters. The van der Waals surface area contributed by atoms with E-state index in [0.29, 0.717) is 16.9 Å². The van der Waals surface area contributed by atoms with Gasteiger partial charge in [0.15, 0.2) is 5.78 Å². The number of rotatable bonds is 2. The number of para-hydroxylation sites is 1. The zero-order chi connectivity index (χ0) is 14.1. The molecule has 0 bridgehead atoms. The third-order valence-corrected chi connectivity index (χ3v) is 3.17. The fourth-order valence-corrected chi connectivity index (χ4v) is 2.16. The fraction of sp³-hybridized carbons (Fsp3) is 0.0714. The van der Waals surface area contributed by atoms with Gasteiger partial charge in [-0.05, 0) is 24.3 Å². The molecule has 1 aliphatic heterocycles. The molecule has 98 valence electrons. The van der Waals surface area contributed by atoms with E-state index in [0.717, 1.165) is 5.69 Å². The first-order chi connectivity index (χ1) is 9.65. The van der Waals surface area contributed by atoms with Crippen molar-refractivity contribution in [3.63, 3.8) is 0 Å². The number of hydrogen-bond donors (Lipinski definition) is 2. The number of benzene rings is 1. The van der Waals surface area contributed by atoms with Crippen molar-refractivity contribution in [3.8, 4) is 0 Å². The van der Waals surface area contributed by atoms with Crippen molar-refractivity contribution in [2.24, 2.45) is 0 Å². The number of carbonyl (C=O) groups excluding carboxylic acids is 2. The number of fused-ring (bicyclic) bond motifs is 1. The van der Waals surface area contributed by atoms with Gasteiger partial charge in [-0.15, -0.1) is 0 Å². The quantitative estimate of drug-likeness (QED) is 0.623. The molecule has 20 heavy (non-hydrogen) atoms. The molecule has 2 aromatic rings. The van der Waals surface area contributed by atoms with Gasteiger partial charge in [0.1, 0.15) is 5.69 Å². The molecule has 1 amide bonds. The summed E-state index contributed by atoms with van der Waals surface area (Å²) in [5, 5.41) is 6.04. The number of amides is 1. The second-order valence-electron chi connectivity index (χ2n) is 4.60. The fourth-order valence-electron chi connectivity index (χ4n) is 2.16. The third-order valence-electron chi connectivity index (χ3n) is 3.17. The third kappa shape index (κ3) is 2.16. The molecule has 1 aromatic carbocycles. The lowest BCUT2D eigenvalue weighted by Gasteiger charge is -2.24. The molecular formula is C14H12BN3O2. The molecule has 1 aliphatic rings. The number of anilines is 1. The molecule has 1 aromatic heterocycles. The predicted molar refractivity (Wildman–Crippen MR) is 77.2 cm³/mol. The van der Waals surface area contributed by atoms with E-state index in [9.17, 15) is 9.59 Å². The molecular weight excluding hydrogens is 253 g/mol. The van der Waals surface area contributed by atoms with E-state index in [2.05, 4.69) is 15.4 Å². The maximum absolute atomic E-state index is 12.0. The summed E-state index contributed by atoms with van der Waals surface area (Å²) in [6, 6.07) is 12.5. The maximum Gasteiger partial charge on any atom is 0.428 e. The number of carbonyl (C=O) groups is 2. The molecule has 0 aliphatic carbocycles. The van der Waals surface area contributed by atoms with Gasteiger partial charge >= 0.3 is 6.98 Å². The highest BCUT2D eigenvalue weighted by molar-refractivity contribution is 6.76. The first kappa shape index (κ1) is 12.4. The van der Waals surface area contributed by atoms with Crippen molar-refractivity contribution in [1.82, 2.24) is 10.2 Å². The minimum atomic E-state index is -0.434. The summed E-state index contributed by atoms with van der Waals surface area (Å²) in [7, 11) is 0. The van der Waals surface area contributed by atoms with E-state index < -0.39 is 6.98 Å². The summed E-state index contributed by atoms with van der Waals surface area (Å²) < 4.78 is 0. The van der Waals surface area contributed by atoms with E-state index >= 15 is 0 Å². The Morgan fingerprint density at radius 1 is 1.10 bits per heavy atom. The highest BCUT2D eigenvalue weighted by Gasteiger charge is 2.30. The van der Waals surface area contributed by atoms with Crippen molar-refractivity contribution < 1.29 is 9.59 Å². The summed E-state index contributed by atoms with van der Waals surface area (Å²) in [6.07, 6.45) is 0. The topological polar surface area (TPSA) is 71.1 Å². The lowest BCUT2D eigenvalue weighted by molar-refractivity contribution is 0.0977. The minimum absolute atomic E-state index is 0.102. The molecule has 0 fully saturated rings. The van der Waals surface area contributed by atoms with Crippen molar-refractivity contribution in [3.05, 3.63) is 53.7 Å². The molecule has 5 nitrogen and oxygen atoms in total. The smallest absolute Gasteiger partial charge is 0.404 e. The second kappa shape index (κ2) is 4.81. The van der Waals surface area contributed by atoms with Gasteiger partial charge in [-0.1, -0.05) is 18.2 Å². The van der Waals surface area contributed by atoms with Crippen LogP contribution in [0.3, 0.4) is 0 Å². The molecule has 0 saturated carbocycles. The van der Waals surface area contributed by atoms with Crippen LogP contribution in [0.4, 0.5) is 5.69 Å². The Hall–Kier alpha value is -2.63. The SMILES string of the molecule is CC(=O)c1cccc(B2NC(=O)c3ccccc3N2)n1. The molecule has 3 rings (SSSR count). The van der Waals surface area contributed by atoms with Crippen molar-refractivity contribution in [2.75, 3.05) is 5.23 Å². The van der Waals surface area contributed by atoms with Gasteiger partial charge in [-0.2, -0.15) is 0 Å². The maximum atomic E-state index is 12.0. The predicted octanol–water partition coefficient (Wildman–Crippen LogP) is 0.835. The van der Waals surface area contributed by atoms with E-state index in [1.807, 2.05) is 18.2 Å². The largest absolute Gasteiger partial charge is 0.428 e. The molecule has 6 heteroatoms. The van der Waals surface area contributed by atoms with Gasteiger partial charge in [0.05, 0.1) is 11.2 Å². The van der Waals surface area contributed by atoms with E-state index in [1.165, 1.54) is 6.92 Å². The summed E-state index contributed by atoms with van der Waals surface area (Å²) in [5.74, 6) is -0.256. The summed E-state index contributed by atoms with van der Waals surface area (Å²) >= 11 is 0. The van der Waals surface area contributed by atoms with E-state index in [1.54, 1.807) is 24.3 Å². The number of aromatic nitrogens is 1. The number of Topliss-reactive ketones (excluding diaryl/α,β-unsaturated/α-hetero) is 1. The number of pyridine rings is 1. The zero-order valence-corrected chi connectivity index (χ0v) is 10.9. The zero-order valence-electron chi connectivity index (χ0n) is 10.9. The minimum Gasteiger partial charge on any atom is -0.404 e. The second-order valence-corrected chi connectivity index (χ2v) is 4.60. The Balaban J connectivity index is 1.95. The average molecular weight is 265 g/mol. The summed E-state index contributed by atoms with van der Waals surface area (Å²) in [5.41, 5.74) is 2.36. The Labute approximate surface area is 116 Å². The first-order valence-corrected chi connectivity index (χ1v) is 6.29. The van der Waals surface area contributed by atoms with E-state index in [-0.39, 0.29) is 11.7 Å². The number of nitrogens with one attached hydrogen (secondary N) is 2. The Morgan fingerprint density at radius 2 is 1.90 bits per heavy atom. The highest BCUT2D eigenvalue weighted by atomic mass is 16.1. The van der Waals surface area contributed by atoms with Crippen molar-refractivity contribution in [1.29, 1.82) is 0 Å². The first-order valence-electron chi connectivity index (χ1n) is 6.29. The van der Waals surface area contributed by atoms with Crippen molar-refractivity contribution in [2.45, 2.75) is 6.92 Å². The number of ketones is 1. The number of nitrogens with zero attached hydrogens (tertiary/aromatic N) is 1. The van der Waals surface area contributed by atoms with Crippen LogP contribution in [0.5, 0.6) is 0 Å². The normalized spacial score (nSPS) is 13.2. The van der Waals surface area contributed by atoms with Gasteiger partial charge in [-0.3, -0.25) is 14.6 Å². The molecule has 0 spiro atoms. The van der Waals surface area contributed by atoms with Crippen molar-refractivity contribution >= 4 is 30.0 Å². The Kier molecular flexibility index (Phi) is 2.98. The van der Waals surface area contributed by atoms with Gasteiger partial charge in [0, 0.05) is 12.6 Å². The van der Waals surface area contributed by atoms with Crippen LogP contribution < -0.4 is 16.0 Å². The van der Waals surface area contributed by atoms with Crippen LogP contribution in [0, 0.1) is 0 Å². The molecule has 0 atom stereocenters. The van der Waals surface area contributed by atoms with Crippen LogP contribution in [-0.2, 0) is 0 Å². The van der Waals surface area contributed by atoms with Crippen LogP contribution in [-0.4, -0.2) is 23.7 Å². The standard InChI is InChI=1S/C14H12BN3O2/c1-9(19)11-7-4-8-13(16-11)15-17-12-6-3-2-5-10(12)14(20)18-15/h2-8,17H,1H3,(H,18,20). The number of hydrogen-bond acceptors (Lipinski definition) is 4. The van der Waals surface area contributed by atoms with Crippen LogP contribution in [0.1, 0.15) is 27.8 Å². The van der Waals surface area contributed by atoms with Crippen LogP contribution in [0.25, 0.3) is 0 Å². The Bertz CT molecular complexity index is 702. The molecule has 0 saturated heterocycles. The average Bonchev–Trinajstić information content (AvgIpc) is 2.47. The van der Waals surface area contributed by atoms with Gasteiger partial charge in [0.2, 0.25) is 5.91 Å². The Morgan fingerprint density at radius 3 is 2.70 bits per heavy atom. The van der Waals surface area contributed by atoms with Crippen LogP contribution in [0.15, 0.2) is 42.5 Å². The lowest BCUT2D eigenvalue weighted by atomic mass is 9.69. The molecule has 0 radical (unpaired) electrons.